The normalized spacial score (nSPS) is 11.4. The van der Waals surface area contributed by atoms with Crippen LogP contribution in [0.25, 0.3) is 22.4 Å². The molecular formula is C24H21NO4S. The molecule has 0 atom stereocenters. The van der Waals surface area contributed by atoms with Gasteiger partial charge in [-0.3, -0.25) is 0 Å². The first-order valence-electron chi connectivity index (χ1n) is 9.41. The van der Waals surface area contributed by atoms with E-state index in [-0.39, 0.29) is 4.90 Å². The van der Waals surface area contributed by atoms with Crippen LogP contribution < -0.4 is 4.74 Å². The maximum Gasteiger partial charge on any atom is 0.198 e. The Kier molecular flexibility index (Phi) is 5.42. The lowest BCUT2D eigenvalue weighted by atomic mass is 9.97. The Balaban J connectivity index is 1.72. The molecule has 0 amide bonds. The molecule has 0 aliphatic rings. The van der Waals surface area contributed by atoms with Crippen LogP contribution in [-0.2, 0) is 16.3 Å². The number of ether oxygens (including phenoxy) is 1. The summed E-state index contributed by atoms with van der Waals surface area (Å²) in [6.45, 7) is 0. The first-order valence-corrected chi connectivity index (χ1v) is 11.3. The highest BCUT2D eigenvalue weighted by Crippen LogP contribution is 2.35. The Morgan fingerprint density at radius 2 is 1.67 bits per heavy atom. The van der Waals surface area contributed by atoms with E-state index in [1.165, 1.54) is 6.26 Å². The molecule has 0 bridgehead atoms. The van der Waals surface area contributed by atoms with Crippen LogP contribution in [0.5, 0.6) is 5.75 Å². The maximum atomic E-state index is 11.8. The molecule has 3 aromatic carbocycles. The van der Waals surface area contributed by atoms with Crippen molar-refractivity contribution in [3.8, 4) is 28.1 Å². The lowest BCUT2D eigenvalue weighted by molar-refractivity contribution is 0.415. The first kappa shape index (κ1) is 19.9. The number of rotatable bonds is 6. The Morgan fingerprint density at radius 3 is 2.33 bits per heavy atom. The summed E-state index contributed by atoms with van der Waals surface area (Å²) >= 11 is 0. The summed E-state index contributed by atoms with van der Waals surface area (Å²) in [4.78, 5) is 4.95. The van der Waals surface area contributed by atoms with Gasteiger partial charge in [0.05, 0.1) is 12.0 Å². The molecule has 30 heavy (non-hydrogen) atoms. The van der Waals surface area contributed by atoms with Gasteiger partial charge in [0.2, 0.25) is 0 Å². The largest absolute Gasteiger partial charge is 0.497 e. The summed E-state index contributed by atoms with van der Waals surface area (Å²) in [5.74, 6) is 1.33. The van der Waals surface area contributed by atoms with Crippen LogP contribution in [0.1, 0.15) is 11.5 Å². The number of aromatic nitrogens is 1. The molecule has 0 aliphatic heterocycles. The fourth-order valence-electron chi connectivity index (χ4n) is 3.28. The van der Waals surface area contributed by atoms with Gasteiger partial charge in [0.15, 0.2) is 15.7 Å². The molecule has 0 radical (unpaired) electrons. The summed E-state index contributed by atoms with van der Waals surface area (Å²) in [6, 6.07) is 22.5. The Hall–Kier alpha value is -3.38. The maximum absolute atomic E-state index is 11.8. The highest BCUT2D eigenvalue weighted by molar-refractivity contribution is 7.90. The Bertz CT molecular complexity index is 1260. The molecule has 0 saturated heterocycles. The topological polar surface area (TPSA) is 69.4 Å². The SMILES string of the molecule is COc1ccc(-c2coc(Cc3ccccc3)n2)c(-c2ccc(S(C)(=O)=O)cc2)c1. The molecule has 0 saturated carbocycles. The van der Waals surface area contributed by atoms with E-state index in [1.54, 1.807) is 37.6 Å². The second kappa shape index (κ2) is 8.16. The van der Waals surface area contributed by atoms with Crippen molar-refractivity contribution in [1.82, 2.24) is 4.98 Å². The third-order valence-electron chi connectivity index (χ3n) is 4.85. The Morgan fingerprint density at radius 1 is 0.933 bits per heavy atom. The van der Waals surface area contributed by atoms with Gasteiger partial charge in [-0.25, -0.2) is 13.4 Å². The highest BCUT2D eigenvalue weighted by atomic mass is 32.2. The minimum Gasteiger partial charge on any atom is -0.497 e. The van der Waals surface area contributed by atoms with Gasteiger partial charge in [0.25, 0.3) is 0 Å². The fraction of sp³-hybridized carbons (Fsp3) is 0.125. The molecule has 1 heterocycles. The van der Waals surface area contributed by atoms with Crippen LogP contribution in [0.4, 0.5) is 0 Å². The van der Waals surface area contributed by atoms with Crippen molar-refractivity contribution in [1.29, 1.82) is 0 Å². The number of hydrogen-bond donors (Lipinski definition) is 0. The lowest BCUT2D eigenvalue weighted by Gasteiger charge is -2.11. The average molecular weight is 420 g/mol. The van der Waals surface area contributed by atoms with Crippen LogP contribution in [0.15, 0.2) is 88.4 Å². The summed E-state index contributed by atoms with van der Waals surface area (Å²) in [7, 11) is -1.64. The summed E-state index contributed by atoms with van der Waals surface area (Å²) < 4.78 is 34.7. The van der Waals surface area contributed by atoms with E-state index in [9.17, 15) is 8.42 Å². The molecule has 0 aliphatic carbocycles. The van der Waals surface area contributed by atoms with Gasteiger partial charge < -0.3 is 9.15 Å². The summed E-state index contributed by atoms with van der Waals surface area (Å²) in [5, 5.41) is 0. The van der Waals surface area contributed by atoms with E-state index < -0.39 is 9.84 Å². The second-order valence-electron chi connectivity index (χ2n) is 7.00. The quantitative estimate of drug-likeness (QED) is 0.439. The van der Waals surface area contributed by atoms with Gasteiger partial charge in [0, 0.05) is 18.2 Å². The molecule has 0 spiro atoms. The minimum absolute atomic E-state index is 0.280. The predicted octanol–water partition coefficient (Wildman–Crippen LogP) is 5.01. The van der Waals surface area contributed by atoms with E-state index in [0.717, 1.165) is 22.3 Å². The van der Waals surface area contributed by atoms with Gasteiger partial charge in [-0.1, -0.05) is 42.5 Å². The number of benzene rings is 3. The molecule has 5 nitrogen and oxygen atoms in total. The van der Waals surface area contributed by atoms with Crippen LogP contribution in [0, 0.1) is 0 Å². The van der Waals surface area contributed by atoms with E-state index in [4.69, 9.17) is 9.15 Å². The standard InChI is InChI=1S/C24H21NO4S/c1-28-19-10-13-21(22(15-19)18-8-11-20(12-9-18)30(2,26)27)23-16-29-24(25-23)14-17-6-4-3-5-7-17/h3-13,15-16H,14H2,1-2H3. The number of nitrogens with zero attached hydrogens (tertiary/aromatic N) is 1. The van der Waals surface area contributed by atoms with Crippen molar-refractivity contribution in [3.05, 3.63) is 90.5 Å². The van der Waals surface area contributed by atoms with Gasteiger partial charge in [-0.05, 0) is 47.0 Å². The van der Waals surface area contributed by atoms with Crippen molar-refractivity contribution in [2.75, 3.05) is 13.4 Å². The van der Waals surface area contributed by atoms with Crippen molar-refractivity contribution in [2.45, 2.75) is 11.3 Å². The molecule has 6 heteroatoms. The monoisotopic (exact) mass is 419 g/mol. The number of methoxy groups -OCH3 is 1. The Labute approximate surface area is 175 Å². The number of sulfone groups is 1. The van der Waals surface area contributed by atoms with Gasteiger partial charge in [-0.15, -0.1) is 0 Å². The number of oxazole rings is 1. The third-order valence-corrected chi connectivity index (χ3v) is 5.97. The zero-order chi connectivity index (χ0) is 21.1. The van der Waals surface area contributed by atoms with Crippen LogP contribution >= 0.6 is 0 Å². The average Bonchev–Trinajstić information content (AvgIpc) is 3.21. The third kappa shape index (κ3) is 4.28. The zero-order valence-electron chi connectivity index (χ0n) is 16.7. The van der Waals surface area contributed by atoms with Crippen LogP contribution in [0.3, 0.4) is 0 Å². The molecular weight excluding hydrogens is 398 g/mol. The van der Waals surface area contributed by atoms with Crippen molar-refractivity contribution in [3.63, 3.8) is 0 Å². The van der Waals surface area contributed by atoms with Gasteiger partial charge in [0.1, 0.15) is 17.7 Å². The second-order valence-corrected chi connectivity index (χ2v) is 9.01. The molecule has 0 N–H and O–H groups in total. The molecule has 1 aromatic heterocycles. The van der Waals surface area contributed by atoms with E-state index in [1.807, 2.05) is 48.5 Å². The molecule has 0 unspecified atom stereocenters. The van der Waals surface area contributed by atoms with Gasteiger partial charge >= 0.3 is 0 Å². The predicted molar refractivity (Wildman–Crippen MR) is 116 cm³/mol. The smallest absolute Gasteiger partial charge is 0.198 e. The van der Waals surface area contributed by atoms with E-state index >= 15 is 0 Å². The van der Waals surface area contributed by atoms with Gasteiger partial charge in [-0.2, -0.15) is 0 Å². The summed E-state index contributed by atoms with van der Waals surface area (Å²) in [5.41, 5.74) is 4.46. The van der Waals surface area contributed by atoms with Crippen molar-refractivity contribution >= 4 is 9.84 Å². The lowest BCUT2D eigenvalue weighted by Crippen LogP contribution is -1.96. The van der Waals surface area contributed by atoms with Crippen LogP contribution in [-0.4, -0.2) is 26.8 Å². The summed E-state index contributed by atoms with van der Waals surface area (Å²) in [6.07, 6.45) is 3.45. The molecule has 4 aromatic rings. The minimum atomic E-state index is -3.26. The fourth-order valence-corrected chi connectivity index (χ4v) is 3.91. The number of hydrogen-bond acceptors (Lipinski definition) is 5. The molecule has 0 fully saturated rings. The van der Waals surface area contributed by atoms with Crippen LogP contribution in [0.2, 0.25) is 0 Å². The molecule has 152 valence electrons. The first-order chi connectivity index (χ1) is 14.4. The van der Waals surface area contributed by atoms with Crippen molar-refractivity contribution in [2.24, 2.45) is 0 Å². The zero-order valence-corrected chi connectivity index (χ0v) is 17.5. The highest BCUT2D eigenvalue weighted by Gasteiger charge is 2.15. The van der Waals surface area contributed by atoms with E-state index in [0.29, 0.717) is 23.8 Å². The van der Waals surface area contributed by atoms with Crippen molar-refractivity contribution < 1.29 is 17.6 Å². The molecule has 4 rings (SSSR count). The van der Waals surface area contributed by atoms with E-state index in [2.05, 4.69) is 4.98 Å².